The van der Waals surface area contributed by atoms with Crippen LogP contribution in [-0.4, -0.2) is 45.3 Å². The second-order valence-electron chi connectivity index (χ2n) is 5.76. The number of nitrogens with one attached hydrogen (secondary N) is 1. The van der Waals surface area contributed by atoms with E-state index in [0.717, 1.165) is 37.8 Å². The summed E-state index contributed by atoms with van der Waals surface area (Å²) in [7, 11) is 1.89. The minimum absolute atomic E-state index is 0.532. The van der Waals surface area contributed by atoms with Crippen LogP contribution in [0.4, 0.5) is 0 Å². The van der Waals surface area contributed by atoms with Gasteiger partial charge >= 0.3 is 0 Å². The third-order valence-electron chi connectivity index (χ3n) is 4.16. The predicted octanol–water partition coefficient (Wildman–Crippen LogP) is 2.07. The summed E-state index contributed by atoms with van der Waals surface area (Å²) in [6, 6.07) is 10.6. The maximum Gasteiger partial charge on any atom is 0.194 e. The molecule has 0 aliphatic carbocycles. The summed E-state index contributed by atoms with van der Waals surface area (Å²) in [6.45, 7) is 5.31. The first-order valence-corrected chi connectivity index (χ1v) is 8.38. The van der Waals surface area contributed by atoms with Gasteiger partial charge in [-0.1, -0.05) is 36.4 Å². The topological polar surface area (TPSA) is 58.3 Å². The quantitative estimate of drug-likeness (QED) is 0.691. The molecule has 0 spiro atoms. The van der Waals surface area contributed by atoms with Gasteiger partial charge in [-0.2, -0.15) is 5.10 Å². The highest BCUT2D eigenvalue weighted by Gasteiger charge is 2.16. The van der Waals surface area contributed by atoms with Gasteiger partial charge in [0.1, 0.15) is 18.7 Å². The molecule has 1 aromatic carbocycles. The lowest BCUT2D eigenvalue weighted by atomic mass is 10.00. The van der Waals surface area contributed by atoms with Crippen LogP contribution in [0.5, 0.6) is 0 Å². The van der Waals surface area contributed by atoms with Crippen molar-refractivity contribution in [2.45, 2.75) is 19.9 Å². The van der Waals surface area contributed by atoms with E-state index in [-0.39, 0.29) is 0 Å². The molecule has 0 unspecified atom stereocenters. The molecular formula is C18H24N6. The second kappa shape index (κ2) is 7.77. The molecule has 1 aliphatic heterocycles. The molecule has 0 amide bonds. The summed E-state index contributed by atoms with van der Waals surface area (Å²) >= 11 is 0. The fourth-order valence-electron chi connectivity index (χ4n) is 2.81. The number of benzene rings is 1. The van der Waals surface area contributed by atoms with Crippen molar-refractivity contribution in [2.75, 3.05) is 19.6 Å². The van der Waals surface area contributed by atoms with Crippen molar-refractivity contribution in [3.63, 3.8) is 0 Å². The van der Waals surface area contributed by atoms with E-state index in [9.17, 15) is 0 Å². The number of guanidine groups is 1. The maximum atomic E-state index is 4.72. The molecule has 1 N–H and O–H groups in total. The van der Waals surface area contributed by atoms with Crippen LogP contribution >= 0.6 is 0 Å². The zero-order valence-corrected chi connectivity index (χ0v) is 14.3. The monoisotopic (exact) mass is 324 g/mol. The maximum absolute atomic E-state index is 4.72. The van der Waals surface area contributed by atoms with Gasteiger partial charge in [-0.25, -0.2) is 9.98 Å². The fraction of sp³-hybridized carbons (Fsp3) is 0.389. The number of nitrogens with zero attached hydrogens (tertiary/aromatic N) is 5. The largest absolute Gasteiger partial charge is 0.356 e. The van der Waals surface area contributed by atoms with Gasteiger partial charge in [-0.05, 0) is 24.5 Å². The number of aryl methyl sites for hydroxylation is 1. The van der Waals surface area contributed by atoms with Crippen molar-refractivity contribution in [2.24, 2.45) is 12.0 Å². The highest BCUT2D eigenvalue weighted by atomic mass is 15.3. The number of rotatable bonds is 4. The first-order chi connectivity index (χ1) is 11.8. The predicted molar refractivity (Wildman–Crippen MR) is 96.4 cm³/mol. The van der Waals surface area contributed by atoms with Crippen LogP contribution < -0.4 is 5.32 Å². The molecule has 0 fully saturated rings. The Kier molecular flexibility index (Phi) is 5.25. The van der Waals surface area contributed by atoms with Gasteiger partial charge in [-0.3, -0.25) is 4.68 Å². The number of aromatic nitrogens is 3. The molecule has 1 aliphatic rings. The number of hydrogen-bond acceptors (Lipinski definition) is 3. The van der Waals surface area contributed by atoms with Gasteiger partial charge in [0, 0.05) is 26.7 Å². The number of hydrogen-bond donors (Lipinski definition) is 1. The SMILES string of the molecule is CCNC(=NCc1ncnn1C)N1CC=C(c2ccccc2)CC1. The van der Waals surface area contributed by atoms with Crippen LogP contribution in [-0.2, 0) is 13.6 Å². The normalized spacial score (nSPS) is 15.3. The summed E-state index contributed by atoms with van der Waals surface area (Å²) < 4.78 is 1.76. The van der Waals surface area contributed by atoms with E-state index < -0.39 is 0 Å². The molecule has 0 atom stereocenters. The van der Waals surface area contributed by atoms with E-state index in [4.69, 9.17) is 4.99 Å². The highest BCUT2D eigenvalue weighted by molar-refractivity contribution is 5.81. The number of aliphatic imine (C=N–C) groups is 1. The van der Waals surface area contributed by atoms with E-state index in [1.165, 1.54) is 11.1 Å². The van der Waals surface area contributed by atoms with E-state index in [2.05, 4.69) is 63.6 Å². The molecule has 2 aromatic rings. The Hall–Kier alpha value is -2.63. The summed E-state index contributed by atoms with van der Waals surface area (Å²) in [5.41, 5.74) is 2.73. The van der Waals surface area contributed by atoms with Crippen LogP contribution in [0.15, 0.2) is 47.7 Å². The summed E-state index contributed by atoms with van der Waals surface area (Å²) in [4.78, 5) is 11.2. The summed E-state index contributed by atoms with van der Waals surface area (Å²) in [6.07, 6.45) is 4.89. The van der Waals surface area contributed by atoms with Gasteiger partial charge < -0.3 is 10.2 Å². The van der Waals surface area contributed by atoms with Crippen LogP contribution in [0, 0.1) is 0 Å². The molecular weight excluding hydrogens is 300 g/mol. The molecule has 0 bridgehead atoms. The highest BCUT2D eigenvalue weighted by Crippen LogP contribution is 2.22. The molecule has 0 saturated heterocycles. The molecule has 3 rings (SSSR count). The average molecular weight is 324 g/mol. The van der Waals surface area contributed by atoms with Crippen LogP contribution in [0.2, 0.25) is 0 Å². The first kappa shape index (κ1) is 16.2. The molecule has 0 saturated carbocycles. The molecule has 0 radical (unpaired) electrons. The summed E-state index contributed by atoms with van der Waals surface area (Å²) in [5.74, 6) is 1.80. The van der Waals surface area contributed by atoms with E-state index in [1.54, 1.807) is 11.0 Å². The van der Waals surface area contributed by atoms with Gasteiger partial charge in [0.2, 0.25) is 0 Å². The Morgan fingerprint density at radius 1 is 1.29 bits per heavy atom. The fourth-order valence-corrected chi connectivity index (χ4v) is 2.81. The van der Waals surface area contributed by atoms with Crippen LogP contribution in [0.3, 0.4) is 0 Å². The molecule has 2 heterocycles. The molecule has 1 aromatic heterocycles. The van der Waals surface area contributed by atoms with Crippen molar-refractivity contribution in [3.8, 4) is 0 Å². The smallest absolute Gasteiger partial charge is 0.194 e. The molecule has 6 nitrogen and oxygen atoms in total. The van der Waals surface area contributed by atoms with Crippen molar-refractivity contribution in [1.29, 1.82) is 0 Å². The van der Waals surface area contributed by atoms with Crippen LogP contribution in [0.25, 0.3) is 5.57 Å². The van der Waals surface area contributed by atoms with Crippen molar-refractivity contribution < 1.29 is 0 Å². The minimum Gasteiger partial charge on any atom is -0.356 e. The third kappa shape index (κ3) is 3.82. The molecule has 126 valence electrons. The Balaban J connectivity index is 1.69. The average Bonchev–Trinajstić information content (AvgIpc) is 3.04. The first-order valence-electron chi connectivity index (χ1n) is 8.38. The van der Waals surface area contributed by atoms with E-state index >= 15 is 0 Å². The Morgan fingerprint density at radius 2 is 2.12 bits per heavy atom. The zero-order chi connectivity index (χ0) is 16.8. The van der Waals surface area contributed by atoms with Gasteiger partial charge in [-0.15, -0.1) is 0 Å². The lowest BCUT2D eigenvalue weighted by Gasteiger charge is -2.29. The lowest BCUT2D eigenvalue weighted by Crippen LogP contribution is -2.43. The van der Waals surface area contributed by atoms with Crippen molar-refractivity contribution >= 4 is 11.5 Å². The standard InChI is InChI=1S/C18H24N6/c1-3-19-18(20-13-17-21-14-22-23(17)2)24-11-9-16(10-12-24)15-7-5-4-6-8-15/h4-9,14H,3,10-13H2,1-2H3,(H,19,20). The Morgan fingerprint density at radius 3 is 2.75 bits per heavy atom. The van der Waals surface area contributed by atoms with Crippen molar-refractivity contribution in [3.05, 3.63) is 54.1 Å². The lowest BCUT2D eigenvalue weighted by molar-refractivity contribution is 0.439. The Bertz CT molecular complexity index is 716. The second-order valence-corrected chi connectivity index (χ2v) is 5.76. The van der Waals surface area contributed by atoms with Crippen LogP contribution in [0.1, 0.15) is 24.7 Å². The molecule has 24 heavy (non-hydrogen) atoms. The van der Waals surface area contributed by atoms with Gasteiger partial charge in [0.05, 0.1) is 0 Å². The summed E-state index contributed by atoms with van der Waals surface area (Å²) in [5, 5.41) is 7.47. The van der Waals surface area contributed by atoms with E-state index in [0.29, 0.717) is 6.54 Å². The van der Waals surface area contributed by atoms with Crippen molar-refractivity contribution in [1.82, 2.24) is 25.0 Å². The van der Waals surface area contributed by atoms with E-state index in [1.807, 2.05) is 7.05 Å². The Labute approximate surface area is 142 Å². The third-order valence-corrected chi connectivity index (χ3v) is 4.16. The zero-order valence-electron chi connectivity index (χ0n) is 14.3. The molecule has 6 heteroatoms. The minimum atomic E-state index is 0.532. The van der Waals surface area contributed by atoms with Gasteiger partial charge in [0.15, 0.2) is 5.96 Å². The van der Waals surface area contributed by atoms with Gasteiger partial charge in [0.25, 0.3) is 0 Å².